The van der Waals surface area contributed by atoms with Gasteiger partial charge in [0, 0.05) is 18.6 Å². The topological polar surface area (TPSA) is 15.3 Å². The van der Waals surface area contributed by atoms with Gasteiger partial charge in [0.05, 0.1) is 0 Å². The van der Waals surface area contributed by atoms with Crippen LogP contribution in [-0.2, 0) is 0 Å². The Morgan fingerprint density at radius 1 is 1.21 bits per heavy atom. The third-order valence-corrected chi connectivity index (χ3v) is 4.41. The molecule has 3 atom stereocenters. The Morgan fingerprint density at radius 3 is 2.36 bits per heavy atom. The highest BCUT2D eigenvalue weighted by Crippen LogP contribution is 2.41. The molecule has 0 aromatic heterocycles. The second kappa shape index (κ2) is 3.82. The number of hydrogen-bond acceptors (Lipinski definition) is 2. The van der Waals surface area contributed by atoms with Crippen molar-refractivity contribution in [2.45, 2.75) is 51.6 Å². The second-order valence-electron chi connectivity index (χ2n) is 5.55. The first kappa shape index (κ1) is 10.4. The molecule has 2 saturated heterocycles. The maximum Gasteiger partial charge on any atom is 0.00724 e. The highest BCUT2D eigenvalue weighted by atomic mass is 15.2. The first-order valence-electron chi connectivity index (χ1n) is 6.06. The highest BCUT2D eigenvalue weighted by molar-refractivity contribution is 4.95. The summed E-state index contributed by atoms with van der Waals surface area (Å²) in [6, 6.07) is 1.53. The van der Waals surface area contributed by atoms with Gasteiger partial charge in [0.15, 0.2) is 0 Å². The fourth-order valence-electron chi connectivity index (χ4n) is 3.44. The molecule has 0 aromatic carbocycles. The van der Waals surface area contributed by atoms with Crippen molar-refractivity contribution in [3.63, 3.8) is 0 Å². The summed E-state index contributed by atoms with van der Waals surface area (Å²) in [5.41, 5.74) is 0.629. The third kappa shape index (κ3) is 1.82. The normalized spacial score (nSPS) is 45.6. The number of nitrogens with one attached hydrogen (secondary N) is 1. The summed E-state index contributed by atoms with van der Waals surface area (Å²) in [7, 11) is 2.28. The van der Waals surface area contributed by atoms with E-state index in [1.165, 1.54) is 38.8 Å². The van der Waals surface area contributed by atoms with E-state index in [0.717, 1.165) is 12.1 Å². The van der Waals surface area contributed by atoms with E-state index in [0.29, 0.717) is 5.41 Å². The number of likely N-dealkylation sites (tertiary alicyclic amines) is 1. The molecule has 82 valence electrons. The predicted molar refractivity (Wildman–Crippen MR) is 60.5 cm³/mol. The van der Waals surface area contributed by atoms with E-state index >= 15 is 0 Å². The van der Waals surface area contributed by atoms with Crippen LogP contribution in [0.5, 0.6) is 0 Å². The Bertz CT molecular complexity index is 182. The van der Waals surface area contributed by atoms with E-state index in [9.17, 15) is 0 Å². The summed E-state index contributed by atoms with van der Waals surface area (Å²) in [6.45, 7) is 7.26. The Labute approximate surface area is 88.1 Å². The van der Waals surface area contributed by atoms with E-state index in [1.54, 1.807) is 0 Å². The van der Waals surface area contributed by atoms with Gasteiger partial charge >= 0.3 is 0 Å². The molecular formula is C12H24N2. The Balaban J connectivity index is 2.06. The lowest BCUT2D eigenvalue weighted by molar-refractivity contribution is 0.0176. The van der Waals surface area contributed by atoms with Gasteiger partial charge in [0.2, 0.25) is 0 Å². The lowest BCUT2D eigenvalue weighted by atomic mass is 9.69. The predicted octanol–water partition coefficient (Wildman–Crippen LogP) is 1.86. The maximum absolute atomic E-state index is 3.58. The molecule has 0 bridgehead atoms. The average molecular weight is 196 g/mol. The summed E-state index contributed by atoms with van der Waals surface area (Å²) in [5.74, 6) is 0. The Morgan fingerprint density at radius 2 is 1.86 bits per heavy atom. The van der Waals surface area contributed by atoms with E-state index < -0.39 is 0 Å². The van der Waals surface area contributed by atoms with Gasteiger partial charge in [-0.25, -0.2) is 0 Å². The SMILES string of the molecule is C[C@@H]1CC2(CCCNC2)C[C@H](C)N1C. The molecule has 1 unspecified atom stereocenters. The summed E-state index contributed by atoms with van der Waals surface area (Å²) in [5, 5.41) is 3.58. The van der Waals surface area contributed by atoms with Crippen LogP contribution in [0.2, 0.25) is 0 Å². The lowest BCUT2D eigenvalue weighted by Crippen LogP contribution is -2.53. The molecule has 1 spiro atoms. The fourth-order valence-corrected chi connectivity index (χ4v) is 3.44. The van der Waals surface area contributed by atoms with Crippen LogP contribution in [0.3, 0.4) is 0 Å². The average Bonchev–Trinajstić information content (AvgIpc) is 2.15. The molecule has 0 saturated carbocycles. The minimum Gasteiger partial charge on any atom is -0.316 e. The molecule has 2 fully saturated rings. The fraction of sp³-hybridized carbons (Fsp3) is 1.00. The monoisotopic (exact) mass is 196 g/mol. The maximum atomic E-state index is 3.58. The van der Waals surface area contributed by atoms with Crippen LogP contribution in [0.4, 0.5) is 0 Å². The molecule has 2 aliphatic rings. The van der Waals surface area contributed by atoms with Gasteiger partial charge in [-0.15, -0.1) is 0 Å². The molecule has 0 aliphatic carbocycles. The largest absolute Gasteiger partial charge is 0.316 e. The highest BCUT2D eigenvalue weighted by Gasteiger charge is 2.40. The lowest BCUT2D eigenvalue weighted by Gasteiger charge is -2.50. The second-order valence-corrected chi connectivity index (χ2v) is 5.55. The van der Waals surface area contributed by atoms with E-state index in [4.69, 9.17) is 0 Å². The van der Waals surface area contributed by atoms with Crippen molar-refractivity contribution < 1.29 is 0 Å². The summed E-state index contributed by atoms with van der Waals surface area (Å²) < 4.78 is 0. The molecule has 0 amide bonds. The van der Waals surface area contributed by atoms with Crippen molar-refractivity contribution in [3.05, 3.63) is 0 Å². The van der Waals surface area contributed by atoms with Crippen LogP contribution in [0.25, 0.3) is 0 Å². The molecule has 0 radical (unpaired) electrons. The molecule has 2 aliphatic heterocycles. The van der Waals surface area contributed by atoms with Gasteiger partial charge in [0.25, 0.3) is 0 Å². The molecular weight excluding hydrogens is 172 g/mol. The minimum atomic E-state index is 0.629. The zero-order chi connectivity index (χ0) is 10.2. The summed E-state index contributed by atoms with van der Waals surface area (Å²) >= 11 is 0. The van der Waals surface area contributed by atoms with Crippen molar-refractivity contribution in [3.8, 4) is 0 Å². The van der Waals surface area contributed by atoms with E-state index in [1.807, 2.05) is 0 Å². The Kier molecular flexibility index (Phi) is 2.85. The standard InChI is InChI=1S/C12H24N2/c1-10-7-12(5-4-6-13-9-12)8-11(2)14(10)3/h10-11,13H,4-9H2,1-3H3/t10-,11+,12?. The third-order valence-electron chi connectivity index (χ3n) is 4.41. The summed E-state index contributed by atoms with van der Waals surface area (Å²) in [4.78, 5) is 2.54. The van der Waals surface area contributed by atoms with Crippen LogP contribution in [0, 0.1) is 5.41 Å². The first-order chi connectivity index (χ1) is 6.63. The zero-order valence-electron chi connectivity index (χ0n) is 9.84. The van der Waals surface area contributed by atoms with Gasteiger partial charge in [-0.2, -0.15) is 0 Å². The summed E-state index contributed by atoms with van der Waals surface area (Å²) in [6.07, 6.45) is 5.60. The molecule has 2 rings (SSSR count). The van der Waals surface area contributed by atoms with Crippen LogP contribution in [-0.4, -0.2) is 37.1 Å². The minimum absolute atomic E-state index is 0.629. The molecule has 2 nitrogen and oxygen atoms in total. The zero-order valence-corrected chi connectivity index (χ0v) is 9.84. The Hall–Kier alpha value is -0.0800. The van der Waals surface area contributed by atoms with Crippen molar-refractivity contribution >= 4 is 0 Å². The smallest absolute Gasteiger partial charge is 0.00724 e. The molecule has 2 heterocycles. The van der Waals surface area contributed by atoms with Gasteiger partial charge in [0.1, 0.15) is 0 Å². The number of piperidine rings is 2. The number of nitrogens with zero attached hydrogens (tertiary/aromatic N) is 1. The van der Waals surface area contributed by atoms with Crippen LogP contribution in [0.15, 0.2) is 0 Å². The van der Waals surface area contributed by atoms with Crippen LogP contribution < -0.4 is 5.32 Å². The van der Waals surface area contributed by atoms with Crippen molar-refractivity contribution in [2.75, 3.05) is 20.1 Å². The molecule has 1 N–H and O–H groups in total. The molecule has 0 aromatic rings. The quantitative estimate of drug-likeness (QED) is 0.636. The first-order valence-corrected chi connectivity index (χ1v) is 6.06. The van der Waals surface area contributed by atoms with Gasteiger partial charge in [-0.1, -0.05) is 0 Å². The molecule has 14 heavy (non-hydrogen) atoms. The van der Waals surface area contributed by atoms with Crippen molar-refractivity contribution in [1.82, 2.24) is 10.2 Å². The molecule has 2 heteroatoms. The number of rotatable bonds is 0. The van der Waals surface area contributed by atoms with Crippen LogP contribution >= 0.6 is 0 Å². The van der Waals surface area contributed by atoms with E-state index in [-0.39, 0.29) is 0 Å². The van der Waals surface area contributed by atoms with Crippen molar-refractivity contribution in [1.29, 1.82) is 0 Å². The van der Waals surface area contributed by atoms with E-state index in [2.05, 4.69) is 31.1 Å². The van der Waals surface area contributed by atoms with Gasteiger partial charge < -0.3 is 10.2 Å². The van der Waals surface area contributed by atoms with Crippen LogP contribution in [0.1, 0.15) is 39.5 Å². The van der Waals surface area contributed by atoms with Gasteiger partial charge in [-0.05, 0) is 58.5 Å². The van der Waals surface area contributed by atoms with Gasteiger partial charge in [-0.3, -0.25) is 0 Å². The number of hydrogen-bond donors (Lipinski definition) is 1. The van der Waals surface area contributed by atoms with Crippen molar-refractivity contribution in [2.24, 2.45) is 5.41 Å².